The Bertz CT molecular complexity index is 551. The minimum Gasteiger partial charge on any atom is -0.399 e. The Labute approximate surface area is 121 Å². The van der Waals surface area contributed by atoms with E-state index in [0.717, 1.165) is 17.8 Å². The topological polar surface area (TPSA) is 63.4 Å². The SMILES string of the molecule is CC(C)S(=O)(=O)CCN(Cc1cccc(N)c1)C1CC1. The Kier molecular flexibility index (Phi) is 4.70. The number of benzene rings is 1. The van der Waals surface area contributed by atoms with Gasteiger partial charge in [0, 0.05) is 24.8 Å². The summed E-state index contributed by atoms with van der Waals surface area (Å²) in [6.45, 7) is 4.88. The van der Waals surface area contributed by atoms with Crippen LogP contribution >= 0.6 is 0 Å². The predicted octanol–water partition coefficient (Wildman–Crippen LogP) is 2.06. The minimum atomic E-state index is -2.97. The lowest BCUT2D eigenvalue weighted by atomic mass is 10.2. The summed E-state index contributed by atoms with van der Waals surface area (Å²) in [4.78, 5) is 2.27. The van der Waals surface area contributed by atoms with Crippen LogP contribution in [0.5, 0.6) is 0 Å². The molecule has 4 nitrogen and oxygen atoms in total. The Morgan fingerprint density at radius 3 is 2.60 bits per heavy atom. The van der Waals surface area contributed by atoms with Gasteiger partial charge in [0.2, 0.25) is 0 Å². The quantitative estimate of drug-likeness (QED) is 0.782. The molecule has 0 unspecified atom stereocenters. The maximum absolute atomic E-state index is 11.9. The lowest BCUT2D eigenvalue weighted by Gasteiger charge is -2.22. The fourth-order valence-corrected chi connectivity index (χ4v) is 3.20. The molecular formula is C15H24N2O2S. The second-order valence-electron chi connectivity index (χ2n) is 5.86. The van der Waals surface area contributed by atoms with E-state index in [4.69, 9.17) is 5.73 Å². The third-order valence-electron chi connectivity index (χ3n) is 3.78. The molecule has 0 aromatic heterocycles. The predicted molar refractivity (Wildman–Crippen MR) is 83.2 cm³/mol. The van der Waals surface area contributed by atoms with Gasteiger partial charge in [-0.15, -0.1) is 0 Å². The molecule has 0 bridgehead atoms. The van der Waals surface area contributed by atoms with Gasteiger partial charge in [-0.2, -0.15) is 0 Å². The van der Waals surface area contributed by atoms with Gasteiger partial charge in [0.1, 0.15) is 0 Å². The molecule has 0 spiro atoms. The summed E-state index contributed by atoms with van der Waals surface area (Å²) in [7, 11) is -2.97. The van der Waals surface area contributed by atoms with E-state index in [1.165, 1.54) is 12.8 Å². The molecule has 2 N–H and O–H groups in total. The van der Waals surface area contributed by atoms with Gasteiger partial charge in [-0.3, -0.25) is 4.90 Å². The number of sulfone groups is 1. The average molecular weight is 296 g/mol. The Hall–Kier alpha value is -1.07. The zero-order valence-corrected chi connectivity index (χ0v) is 13.1. The Morgan fingerprint density at radius 1 is 1.35 bits per heavy atom. The van der Waals surface area contributed by atoms with Crippen molar-refractivity contribution in [1.82, 2.24) is 4.90 Å². The second kappa shape index (κ2) is 6.14. The molecule has 0 saturated heterocycles. The van der Waals surface area contributed by atoms with Gasteiger partial charge in [-0.25, -0.2) is 8.42 Å². The summed E-state index contributed by atoms with van der Waals surface area (Å²) in [6, 6.07) is 8.36. The molecule has 0 heterocycles. The number of rotatable bonds is 7. The second-order valence-corrected chi connectivity index (χ2v) is 8.54. The molecule has 0 radical (unpaired) electrons. The van der Waals surface area contributed by atoms with E-state index in [2.05, 4.69) is 4.90 Å². The van der Waals surface area contributed by atoms with Crippen molar-refractivity contribution < 1.29 is 8.42 Å². The molecule has 1 aromatic carbocycles. The molecule has 0 aliphatic heterocycles. The van der Waals surface area contributed by atoms with E-state index in [1.54, 1.807) is 13.8 Å². The molecule has 1 saturated carbocycles. The number of nitrogens with two attached hydrogens (primary N) is 1. The van der Waals surface area contributed by atoms with E-state index in [0.29, 0.717) is 12.6 Å². The van der Waals surface area contributed by atoms with Crippen LogP contribution < -0.4 is 5.73 Å². The first-order valence-corrected chi connectivity index (χ1v) is 8.90. The van der Waals surface area contributed by atoms with Crippen LogP contribution in [0.2, 0.25) is 0 Å². The van der Waals surface area contributed by atoms with Crippen LogP contribution in [0.4, 0.5) is 5.69 Å². The summed E-state index contributed by atoms with van der Waals surface area (Å²) in [5.41, 5.74) is 7.70. The highest BCUT2D eigenvalue weighted by Gasteiger charge is 2.30. The molecule has 20 heavy (non-hydrogen) atoms. The smallest absolute Gasteiger partial charge is 0.153 e. The molecular weight excluding hydrogens is 272 g/mol. The first-order valence-electron chi connectivity index (χ1n) is 7.18. The van der Waals surface area contributed by atoms with Crippen LogP contribution in [0.15, 0.2) is 24.3 Å². The van der Waals surface area contributed by atoms with Gasteiger partial charge < -0.3 is 5.73 Å². The third-order valence-corrected chi connectivity index (χ3v) is 5.97. The highest BCUT2D eigenvalue weighted by molar-refractivity contribution is 7.92. The molecule has 112 valence electrons. The third kappa shape index (κ3) is 4.21. The number of hydrogen-bond acceptors (Lipinski definition) is 4. The largest absolute Gasteiger partial charge is 0.399 e. The lowest BCUT2D eigenvalue weighted by Crippen LogP contribution is -2.33. The zero-order valence-electron chi connectivity index (χ0n) is 12.2. The van der Waals surface area contributed by atoms with E-state index >= 15 is 0 Å². The van der Waals surface area contributed by atoms with Crippen LogP contribution in [-0.2, 0) is 16.4 Å². The minimum absolute atomic E-state index is 0.240. The lowest BCUT2D eigenvalue weighted by molar-refractivity contribution is 0.270. The molecule has 1 aliphatic carbocycles. The number of nitrogens with zero attached hydrogens (tertiary/aromatic N) is 1. The van der Waals surface area contributed by atoms with E-state index < -0.39 is 9.84 Å². The van der Waals surface area contributed by atoms with Crippen molar-refractivity contribution in [3.05, 3.63) is 29.8 Å². The normalized spacial score (nSPS) is 16.0. The van der Waals surface area contributed by atoms with Gasteiger partial charge in [0.25, 0.3) is 0 Å². The Balaban J connectivity index is 1.98. The van der Waals surface area contributed by atoms with Crippen molar-refractivity contribution in [2.45, 2.75) is 44.5 Å². The van der Waals surface area contributed by atoms with Crippen molar-refractivity contribution in [1.29, 1.82) is 0 Å². The van der Waals surface area contributed by atoms with Crippen LogP contribution in [-0.4, -0.2) is 36.9 Å². The van der Waals surface area contributed by atoms with Crippen molar-refractivity contribution >= 4 is 15.5 Å². The Morgan fingerprint density at radius 2 is 2.05 bits per heavy atom. The molecule has 0 amide bonds. The van der Waals surface area contributed by atoms with Crippen LogP contribution in [0.3, 0.4) is 0 Å². The molecule has 1 aromatic rings. The number of nitrogen functional groups attached to an aromatic ring is 1. The first kappa shape index (κ1) is 15.3. The van der Waals surface area contributed by atoms with Crippen LogP contribution in [0.25, 0.3) is 0 Å². The summed E-state index contributed by atoms with van der Waals surface area (Å²) < 4.78 is 23.9. The van der Waals surface area contributed by atoms with Crippen molar-refractivity contribution in [2.24, 2.45) is 0 Å². The summed E-state index contributed by atoms with van der Waals surface area (Å²) in [5.74, 6) is 0.240. The number of hydrogen-bond donors (Lipinski definition) is 1. The highest BCUT2D eigenvalue weighted by atomic mass is 32.2. The molecule has 5 heteroatoms. The van der Waals surface area contributed by atoms with E-state index in [1.807, 2.05) is 24.3 Å². The van der Waals surface area contributed by atoms with Crippen molar-refractivity contribution in [2.75, 3.05) is 18.0 Å². The highest BCUT2D eigenvalue weighted by Crippen LogP contribution is 2.28. The van der Waals surface area contributed by atoms with Gasteiger partial charge in [0.15, 0.2) is 9.84 Å². The van der Waals surface area contributed by atoms with Crippen LogP contribution in [0, 0.1) is 0 Å². The molecule has 1 aliphatic rings. The average Bonchev–Trinajstić information content (AvgIpc) is 3.18. The molecule has 2 rings (SSSR count). The molecule has 1 fully saturated rings. The van der Waals surface area contributed by atoms with Gasteiger partial charge in [0.05, 0.1) is 11.0 Å². The maximum atomic E-state index is 11.9. The zero-order chi connectivity index (χ0) is 14.8. The van der Waals surface area contributed by atoms with Gasteiger partial charge >= 0.3 is 0 Å². The van der Waals surface area contributed by atoms with Crippen LogP contribution in [0.1, 0.15) is 32.3 Å². The fraction of sp³-hybridized carbons (Fsp3) is 0.600. The standard InChI is InChI=1S/C15H24N2O2S/c1-12(2)20(18,19)9-8-17(15-6-7-15)11-13-4-3-5-14(16)10-13/h3-5,10,12,15H,6-9,11,16H2,1-2H3. The fourth-order valence-electron chi connectivity index (χ4n) is 2.24. The first-order chi connectivity index (χ1) is 9.38. The summed E-state index contributed by atoms with van der Waals surface area (Å²) in [6.07, 6.45) is 2.34. The number of anilines is 1. The van der Waals surface area contributed by atoms with Crippen molar-refractivity contribution in [3.8, 4) is 0 Å². The summed E-state index contributed by atoms with van der Waals surface area (Å²) >= 11 is 0. The van der Waals surface area contributed by atoms with Crippen molar-refractivity contribution in [3.63, 3.8) is 0 Å². The summed E-state index contributed by atoms with van der Waals surface area (Å²) in [5, 5.41) is -0.295. The maximum Gasteiger partial charge on any atom is 0.153 e. The monoisotopic (exact) mass is 296 g/mol. The van der Waals surface area contributed by atoms with E-state index in [-0.39, 0.29) is 11.0 Å². The molecule has 0 atom stereocenters. The van der Waals surface area contributed by atoms with Gasteiger partial charge in [-0.1, -0.05) is 12.1 Å². The van der Waals surface area contributed by atoms with Gasteiger partial charge in [-0.05, 0) is 44.4 Å². The van der Waals surface area contributed by atoms with E-state index in [9.17, 15) is 8.42 Å².